The van der Waals surface area contributed by atoms with Crippen LogP contribution in [0.2, 0.25) is 0 Å². The van der Waals surface area contributed by atoms with Gasteiger partial charge in [0.2, 0.25) is 5.95 Å². The topological polar surface area (TPSA) is 143 Å². The molecule has 11 nitrogen and oxygen atoms in total. The highest BCUT2D eigenvalue weighted by Gasteiger charge is 2.39. The van der Waals surface area contributed by atoms with Gasteiger partial charge in [-0.15, -0.1) is 0 Å². The molecule has 0 spiro atoms. The lowest BCUT2D eigenvalue weighted by molar-refractivity contribution is -0.461. The summed E-state index contributed by atoms with van der Waals surface area (Å²) in [7, 11) is 0. The number of anilines is 1. The van der Waals surface area contributed by atoms with Gasteiger partial charge < -0.3 is 26.0 Å². The van der Waals surface area contributed by atoms with Gasteiger partial charge >= 0.3 is 11.9 Å². The zero-order valence-electron chi connectivity index (χ0n) is 23.9. The number of aromatic nitrogens is 2. The van der Waals surface area contributed by atoms with Crippen LogP contribution in [0.4, 0.5) is 10.7 Å². The largest absolute Gasteiger partial charge is 0.490 e. The summed E-state index contributed by atoms with van der Waals surface area (Å²) in [5.74, 6) is 3.31. The van der Waals surface area contributed by atoms with E-state index in [1.807, 2.05) is 23.3 Å². The first-order chi connectivity index (χ1) is 18.6. The fourth-order valence-electron chi connectivity index (χ4n) is 5.56. The third-order valence-corrected chi connectivity index (χ3v) is 8.38. The molecule has 4 rings (SSSR count). The van der Waals surface area contributed by atoms with Gasteiger partial charge in [0.25, 0.3) is 0 Å². The molecule has 3 atom stereocenters. The van der Waals surface area contributed by atoms with Crippen LogP contribution in [-0.2, 0) is 4.79 Å². The Balaban J connectivity index is 1.21. The highest BCUT2D eigenvalue weighted by Crippen LogP contribution is 2.28. The minimum atomic E-state index is -0.223. The molecule has 0 aliphatic carbocycles. The molecule has 3 amide bonds. The Morgan fingerprint density at radius 2 is 1.90 bits per heavy atom. The highest BCUT2D eigenvalue weighted by molar-refractivity contribution is 5.96. The lowest BCUT2D eigenvalue weighted by atomic mass is 9.84. The number of likely N-dealkylation sites (tertiary alicyclic amines) is 1. The molecule has 1 aromatic heterocycles. The molecule has 214 valence electrons. The van der Waals surface area contributed by atoms with Gasteiger partial charge in [0.05, 0.1) is 25.4 Å². The van der Waals surface area contributed by atoms with Crippen molar-refractivity contribution in [2.75, 3.05) is 44.2 Å². The van der Waals surface area contributed by atoms with Gasteiger partial charge in [-0.25, -0.2) is 19.6 Å². The summed E-state index contributed by atoms with van der Waals surface area (Å²) in [6.45, 7) is 12.1. The van der Waals surface area contributed by atoms with Crippen LogP contribution >= 0.6 is 0 Å². The number of piperidine rings is 2. The molecule has 3 saturated heterocycles. The molecule has 0 saturated carbocycles. The summed E-state index contributed by atoms with van der Waals surface area (Å²) in [5, 5.41) is 0. The lowest BCUT2D eigenvalue weighted by Crippen LogP contribution is -2.42. The molecule has 4 heterocycles. The second-order valence-electron chi connectivity index (χ2n) is 11.8. The first-order valence-corrected chi connectivity index (χ1v) is 14.4. The van der Waals surface area contributed by atoms with Crippen LogP contribution in [0.15, 0.2) is 17.4 Å². The molecule has 39 heavy (non-hydrogen) atoms. The normalized spacial score (nSPS) is 25.9. The SMILES string of the molecule is CC1CC[N+](=C2CN(c3ncc(OCCC(C)C4CCN(C(=O)N=C(N)C(C)C)CC4)cn3)CC2N)C(=O)C1. The lowest BCUT2D eigenvalue weighted by Gasteiger charge is -2.34. The summed E-state index contributed by atoms with van der Waals surface area (Å²) in [6, 6.07) is -0.419. The molecular weight excluding hydrogens is 496 g/mol. The van der Waals surface area contributed by atoms with E-state index in [1.165, 1.54) is 0 Å². The van der Waals surface area contributed by atoms with Gasteiger partial charge in [-0.1, -0.05) is 27.7 Å². The highest BCUT2D eigenvalue weighted by atomic mass is 16.5. The smallest absolute Gasteiger partial charge is 0.387 e. The maximum absolute atomic E-state index is 12.5. The third kappa shape index (κ3) is 7.32. The monoisotopic (exact) mass is 541 g/mol. The van der Waals surface area contributed by atoms with Crippen molar-refractivity contribution >= 4 is 29.4 Å². The van der Waals surface area contributed by atoms with Crippen LogP contribution in [0.3, 0.4) is 0 Å². The molecule has 3 fully saturated rings. The van der Waals surface area contributed by atoms with E-state index >= 15 is 0 Å². The summed E-state index contributed by atoms with van der Waals surface area (Å²) >= 11 is 0. The summed E-state index contributed by atoms with van der Waals surface area (Å²) in [5.41, 5.74) is 13.2. The van der Waals surface area contributed by atoms with Gasteiger partial charge in [0.1, 0.15) is 18.4 Å². The van der Waals surface area contributed by atoms with E-state index < -0.39 is 0 Å². The van der Waals surface area contributed by atoms with Gasteiger partial charge in [-0.05, 0) is 37.0 Å². The Kier molecular flexibility index (Phi) is 9.53. The minimum Gasteiger partial charge on any atom is -0.490 e. The zero-order valence-corrected chi connectivity index (χ0v) is 23.9. The standard InChI is InChI=1S/C28H44N8O3/c1-18(2)26(30)33-28(38)34-9-6-21(7-10-34)20(4)8-12-39-22-14-31-27(32-15-22)35-16-23(29)24(17-35)36-11-5-19(3)13-25(36)37/h14-15,18-21,23H,5-13,16-17,29H2,1-4H3,(H-,30,33,38)/p+1. The van der Waals surface area contributed by atoms with Crippen molar-refractivity contribution in [3.05, 3.63) is 12.4 Å². The Labute approximate surface area is 231 Å². The fraction of sp³-hybridized carbons (Fsp3) is 0.714. The number of ether oxygens (including phenoxy) is 1. The molecule has 1 aromatic rings. The van der Waals surface area contributed by atoms with E-state index in [0.29, 0.717) is 74.5 Å². The van der Waals surface area contributed by atoms with Crippen molar-refractivity contribution in [3.8, 4) is 5.75 Å². The predicted octanol–water partition coefficient (Wildman–Crippen LogP) is 2.28. The summed E-state index contributed by atoms with van der Waals surface area (Å²) < 4.78 is 7.83. The average Bonchev–Trinajstić information content (AvgIpc) is 3.30. The number of hydrogen-bond donors (Lipinski definition) is 2. The molecular formula is C28H45N8O3+. The Hall–Kier alpha value is -3.08. The van der Waals surface area contributed by atoms with Crippen LogP contribution in [0.25, 0.3) is 0 Å². The number of carbonyl (C=O) groups is 2. The maximum Gasteiger partial charge on any atom is 0.387 e. The van der Waals surface area contributed by atoms with E-state index in [4.69, 9.17) is 16.2 Å². The number of nitrogens with two attached hydrogens (primary N) is 2. The first-order valence-electron chi connectivity index (χ1n) is 14.4. The molecule has 3 aliphatic heterocycles. The van der Waals surface area contributed by atoms with Crippen molar-refractivity contribution in [2.45, 2.75) is 65.8 Å². The maximum atomic E-state index is 12.5. The molecule has 0 bridgehead atoms. The van der Waals surface area contributed by atoms with Crippen LogP contribution in [0.5, 0.6) is 5.75 Å². The van der Waals surface area contributed by atoms with Crippen molar-refractivity contribution in [1.82, 2.24) is 14.9 Å². The molecule has 4 N–H and O–H groups in total. The second kappa shape index (κ2) is 12.8. The molecule has 3 unspecified atom stereocenters. The van der Waals surface area contributed by atoms with E-state index in [2.05, 4.69) is 28.8 Å². The minimum absolute atomic E-state index is 0.0680. The molecule has 3 aliphatic rings. The number of rotatable bonds is 7. The molecule has 0 radical (unpaired) electrons. The van der Waals surface area contributed by atoms with E-state index in [9.17, 15) is 9.59 Å². The average molecular weight is 542 g/mol. The number of aliphatic imine (C=N–C) groups is 1. The van der Waals surface area contributed by atoms with Crippen molar-refractivity contribution < 1.29 is 18.9 Å². The number of amides is 3. The molecule has 0 aromatic carbocycles. The Bertz CT molecular complexity index is 1080. The summed E-state index contributed by atoms with van der Waals surface area (Å²) in [6.07, 6.45) is 7.84. The Morgan fingerprint density at radius 3 is 2.54 bits per heavy atom. The summed E-state index contributed by atoms with van der Waals surface area (Å²) in [4.78, 5) is 41.8. The van der Waals surface area contributed by atoms with E-state index in [-0.39, 0.29) is 23.9 Å². The van der Waals surface area contributed by atoms with Crippen LogP contribution in [-0.4, -0.2) is 88.3 Å². The second-order valence-corrected chi connectivity index (χ2v) is 11.8. The van der Waals surface area contributed by atoms with Gasteiger partial charge in [0, 0.05) is 32.0 Å². The van der Waals surface area contributed by atoms with Gasteiger partial charge in [-0.2, -0.15) is 9.57 Å². The van der Waals surface area contributed by atoms with Crippen LogP contribution in [0.1, 0.15) is 59.8 Å². The van der Waals surface area contributed by atoms with Gasteiger partial charge in [0.15, 0.2) is 18.0 Å². The van der Waals surface area contributed by atoms with Crippen LogP contribution in [0, 0.1) is 23.7 Å². The predicted molar refractivity (Wildman–Crippen MR) is 151 cm³/mol. The number of amidine groups is 1. The number of carbonyl (C=O) groups excluding carboxylic acids is 2. The quantitative estimate of drug-likeness (QED) is 0.304. The van der Waals surface area contributed by atoms with Crippen molar-refractivity contribution in [1.29, 1.82) is 0 Å². The number of nitrogens with zero attached hydrogens (tertiary/aromatic N) is 6. The zero-order chi connectivity index (χ0) is 28.1. The van der Waals surface area contributed by atoms with Crippen LogP contribution < -0.4 is 21.1 Å². The number of urea groups is 1. The van der Waals surface area contributed by atoms with Gasteiger partial charge in [-0.3, -0.25) is 0 Å². The first kappa shape index (κ1) is 28.9. The fourth-order valence-corrected chi connectivity index (χ4v) is 5.56. The third-order valence-electron chi connectivity index (χ3n) is 8.38. The van der Waals surface area contributed by atoms with Crippen molar-refractivity contribution in [3.63, 3.8) is 0 Å². The Morgan fingerprint density at radius 1 is 1.21 bits per heavy atom. The van der Waals surface area contributed by atoms with E-state index in [0.717, 1.165) is 37.9 Å². The van der Waals surface area contributed by atoms with Crippen molar-refractivity contribution in [2.24, 2.45) is 40.1 Å². The molecule has 11 heteroatoms. The number of hydrogen-bond acceptors (Lipinski definition) is 7. The van der Waals surface area contributed by atoms with E-state index in [1.54, 1.807) is 17.3 Å².